The molecule has 1 fully saturated rings. The zero-order valence-electron chi connectivity index (χ0n) is 10.0. The molecule has 0 radical (unpaired) electrons. The van der Waals surface area contributed by atoms with Crippen molar-refractivity contribution in [1.82, 2.24) is 15.0 Å². The minimum absolute atomic E-state index is 0.635. The average molecular weight is 245 g/mol. The molecule has 1 aliphatic carbocycles. The van der Waals surface area contributed by atoms with Crippen molar-refractivity contribution in [3.05, 3.63) is 24.3 Å². The molecule has 1 N–H and O–H groups in total. The summed E-state index contributed by atoms with van der Waals surface area (Å²) in [5, 5.41) is 17.8. The number of hydrogen-bond acceptors (Lipinski definition) is 3. The first-order chi connectivity index (χ1) is 8.74. The third kappa shape index (κ3) is 1.50. The lowest BCUT2D eigenvalue weighted by Gasteiger charge is -2.33. The van der Waals surface area contributed by atoms with Gasteiger partial charge in [-0.15, -0.1) is 5.10 Å². The first-order valence-electron chi connectivity index (χ1n) is 6.28. The van der Waals surface area contributed by atoms with Crippen molar-refractivity contribution >= 4 is 17.0 Å². The second-order valence-corrected chi connectivity index (χ2v) is 4.89. The van der Waals surface area contributed by atoms with Crippen LogP contribution in [0.5, 0.6) is 0 Å². The molecule has 18 heavy (non-hydrogen) atoms. The molecular formula is C13H15N3O2. The van der Waals surface area contributed by atoms with E-state index in [2.05, 4.69) is 10.3 Å². The Hall–Kier alpha value is -1.91. The van der Waals surface area contributed by atoms with E-state index in [1.807, 2.05) is 24.3 Å². The molecule has 5 heteroatoms. The van der Waals surface area contributed by atoms with Gasteiger partial charge in [-0.25, -0.2) is 9.48 Å². The van der Waals surface area contributed by atoms with Gasteiger partial charge < -0.3 is 5.11 Å². The van der Waals surface area contributed by atoms with Gasteiger partial charge in [-0.1, -0.05) is 36.6 Å². The number of carbonyl (C=O) groups is 1. The SMILES string of the molecule is O=C(O)C1(n2nnc3ccccc32)CCCCC1. The molecule has 0 bridgehead atoms. The number of nitrogens with zero attached hydrogens (tertiary/aromatic N) is 3. The molecule has 1 saturated carbocycles. The average Bonchev–Trinajstić information content (AvgIpc) is 2.83. The van der Waals surface area contributed by atoms with Gasteiger partial charge in [0.1, 0.15) is 5.52 Å². The van der Waals surface area contributed by atoms with Crippen molar-refractivity contribution in [3.8, 4) is 0 Å². The standard InChI is InChI=1S/C13H15N3O2/c17-12(18)13(8-4-1-5-9-13)16-11-7-3-2-6-10(11)14-15-16/h2-3,6-7H,1,4-5,8-9H2,(H,17,18). The third-order valence-electron chi connectivity index (χ3n) is 3.84. The van der Waals surface area contributed by atoms with Gasteiger partial charge in [0.2, 0.25) is 0 Å². The van der Waals surface area contributed by atoms with Crippen LogP contribution >= 0.6 is 0 Å². The van der Waals surface area contributed by atoms with Crippen LogP contribution in [0.1, 0.15) is 32.1 Å². The minimum Gasteiger partial charge on any atom is -0.479 e. The summed E-state index contributed by atoms with van der Waals surface area (Å²) in [6.07, 6.45) is 4.23. The van der Waals surface area contributed by atoms with Crippen molar-refractivity contribution in [3.63, 3.8) is 0 Å². The van der Waals surface area contributed by atoms with Crippen molar-refractivity contribution in [2.24, 2.45) is 0 Å². The van der Waals surface area contributed by atoms with Crippen LogP contribution in [-0.4, -0.2) is 26.1 Å². The molecule has 0 atom stereocenters. The summed E-state index contributed by atoms with van der Waals surface area (Å²) in [5.74, 6) is -0.794. The molecule has 0 spiro atoms. The molecular weight excluding hydrogens is 230 g/mol. The Kier molecular flexibility index (Phi) is 2.54. The quantitative estimate of drug-likeness (QED) is 0.880. The topological polar surface area (TPSA) is 68.0 Å². The molecule has 0 saturated heterocycles. The summed E-state index contributed by atoms with van der Waals surface area (Å²) < 4.78 is 1.61. The van der Waals surface area contributed by atoms with Crippen LogP contribution in [0.3, 0.4) is 0 Å². The zero-order chi connectivity index (χ0) is 12.6. The number of carboxylic acids is 1. The number of aliphatic carboxylic acids is 1. The van der Waals surface area contributed by atoms with E-state index in [4.69, 9.17) is 0 Å². The molecule has 2 aromatic rings. The molecule has 1 heterocycles. The highest BCUT2D eigenvalue weighted by molar-refractivity contribution is 5.81. The molecule has 5 nitrogen and oxygen atoms in total. The van der Waals surface area contributed by atoms with Gasteiger partial charge in [0.15, 0.2) is 5.54 Å². The van der Waals surface area contributed by atoms with Gasteiger partial charge in [-0.3, -0.25) is 0 Å². The van der Waals surface area contributed by atoms with Gasteiger partial charge >= 0.3 is 5.97 Å². The van der Waals surface area contributed by atoms with Gasteiger partial charge in [0.05, 0.1) is 5.52 Å². The summed E-state index contributed by atoms with van der Waals surface area (Å²) >= 11 is 0. The number of aromatic nitrogens is 3. The minimum atomic E-state index is -0.908. The molecule has 1 aliphatic rings. The monoisotopic (exact) mass is 245 g/mol. The fraction of sp³-hybridized carbons (Fsp3) is 0.462. The summed E-state index contributed by atoms with van der Waals surface area (Å²) in [5.41, 5.74) is 0.652. The van der Waals surface area contributed by atoms with Crippen molar-refractivity contribution < 1.29 is 9.90 Å². The lowest BCUT2D eigenvalue weighted by atomic mass is 9.81. The number of para-hydroxylation sites is 1. The second kappa shape index (κ2) is 4.08. The van der Waals surface area contributed by atoms with E-state index >= 15 is 0 Å². The predicted octanol–water partition coefficient (Wildman–Crippen LogP) is 2.18. The number of fused-ring (bicyclic) bond motifs is 1. The van der Waals surface area contributed by atoms with Crippen LogP contribution in [0.2, 0.25) is 0 Å². The van der Waals surface area contributed by atoms with E-state index < -0.39 is 11.5 Å². The van der Waals surface area contributed by atoms with Gasteiger partial charge in [-0.2, -0.15) is 0 Å². The van der Waals surface area contributed by atoms with E-state index in [0.717, 1.165) is 30.3 Å². The smallest absolute Gasteiger partial charge is 0.331 e. The molecule has 94 valence electrons. The van der Waals surface area contributed by atoms with Crippen molar-refractivity contribution in [2.45, 2.75) is 37.6 Å². The maximum Gasteiger partial charge on any atom is 0.331 e. The first-order valence-corrected chi connectivity index (χ1v) is 6.28. The van der Waals surface area contributed by atoms with Crippen LogP contribution in [0, 0.1) is 0 Å². The van der Waals surface area contributed by atoms with Crippen LogP contribution < -0.4 is 0 Å². The Morgan fingerprint density at radius 2 is 1.94 bits per heavy atom. The van der Waals surface area contributed by atoms with Gasteiger partial charge in [-0.05, 0) is 25.0 Å². The second-order valence-electron chi connectivity index (χ2n) is 4.89. The highest BCUT2D eigenvalue weighted by Gasteiger charge is 2.43. The molecule has 1 aromatic carbocycles. The highest BCUT2D eigenvalue weighted by Crippen LogP contribution is 2.36. The highest BCUT2D eigenvalue weighted by atomic mass is 16.4. The number of benzene rings is 1. The first kappa shape index (κ1) is 11.2. The summed E-state index contributed by atoms with van der Waals surface area (Å²) in [6.45, 7) is 0. The Balaban J connectivity index is 2.18. The Bertz CT molecular complexity index is 585. The largest absolute Gasteiger partial charge is 0.479 e. The van der Waals surface area contributed by atoms with Crippen LogP contribution in [0.4, 0.5) is 0 Å². The van der Waals surface area contributed by atoms with E-state index in [1.54, 1.807) is 4.68 Å². The fourth-order valence-electron chi connectivity index (χ4n) is 2.84. The maximum atomic E-state index is 11.7. The van der Waals surface area contributed by atoms with Crippen LogP contribution in [0.15, 0.2) is 24.3 Å². The molecule has 1 aromatic heterocycles. The normalized spacial score (nSPS) is 18.9. The van der Waals surface area contributed by atoms with Crippen LogP contribution in [0.25, 0.3) is 11.0 Å². The van der Waals surface area contributed by atoms with E-state index in [0.29, 0.717) is 12.8 Å². The van der Waals surface area contributed by atoms with E-state index in [9.17, 15) is 9.90 Å². The maximum absolute atomic E-state index is 11.7. The Morgan fingerprint density at radius 3 is 2.67 bits per heavy atom. The lowest BCUT2D eigenvalue weighted by Crippen LogP contribution is -2.44. The van der Waals surface area contributed by atoms with Crippen molar-refractivity contribution in [2.75, 3.05) is 0 Å². The summed E-state index contributed by atoms with van der Waals surface area (Å²) in [4.78, 5) is 11.7. The molecule has 0 aliphatic heterocycles. The third-order valence-corrected chi connectivity index (χ3v) is 3.84. The van der Waals surface area contributed by atoms with E-state index in [-0.39, 0.29) is 0 Å². The molecule has 3 rings (SSSR count). The molecule has 0 amide bonds. The Morgan fingerprint density at radius 1 is 1.22 bits per heavy atom. The van der Waals surface area contributed by atoms with Gasteiger partial charge in [0.25, 0.3) is 0 Å². The lowest BCUT2D eigenvalue weighted by molar-refractivity contribution is -0.150. The number of rotatable bonds is 2. The molecule has 0 unspecified atom stereocenters. The number of hydrogen-bond donors (Lipinski definition) is 1. The van der Waals surface area contributed by atoms with Crippen molar-refractivity contribution in [1.29, 1.82) is 0 Å². The summed E-state index contributed by atoms with van der Waals surface area (Å²) in [6, 6.07) is 7.52. The fourth-order valence-corrected chi connectivity index (χ4v) is 2.84. The van der Waals surface area contributed by atoms with Gasteiger partial charge in [0, 0.05) is 0 Å². The summed E-state index contributed by atoms with van der Waals surface area (Å²) in [7, 11) is 0. The number of carboxylic acid groups (broad SMARTS) is 1. The van der Waals surface area contributed by atoms with Crippen LogP contribution in [-0.2, 0) is 10.3 Å². The van der Waals surface area contributed by atoms with E-state index in [1.165, 1.54) is 0 Å². The predicted molar refractivity (Wildman–Crippen MR) is 66.2 cm³/mol. The zero-order valence-corrected chi connectivity index (χ0v) is 10.0. The Labute approximate surface area is 104 Å².